The number of nitro groups is 1. The molecule has 2 aromatic carbocycles. The van der Waals surface area contributed by atoms with Crippen LogP contribution < -0.4 is 14.3 Å². The molecule has 0 bridgehead atoms. The third kappa shape index (κ3) is 5.10. The summed E-state index contributed by atoms with van der Waals surface area (Å²) < 4.78 is 34.9. The smallest absolute Gasteiger partial charge is 0.315 e. The van der Waals surface area contributed by atoms with Crippen molar-refractivity contribution in [2.24, 2.45) is 5.10 Å². The SMILES string of the molecule is CCOc1ccc(S(=O)(=O)N/N=C/c2cc(OCC)c(O)c([N+](=O)[O-])c2)cc1. The van der Waals surface area contributed by atoms with Crippen LogP contribution >= 0.6 is 0 Å². The first-order valence-corrected chi connectivity index (χ1v) is 9.68. The van der Waals surface area contributed by atoms with Gasteiger partial charge in [-0.1, -0.05) is 0 Å². The van der Waals surface area contributed by atoms with Crippen LogP contribution in [0.15, 0.2) is 46.4 Å². The quantitative estimate of drug-likeness (QED) is 0.368. The van der Waals surface area contributed by atoms with Gasteiger partial charge < -0.3 is 14.6 Å². The minimum Gasteiger partial charge on any atom is -0.500 e. The van der Waals surface area contributed by atoms with Crippen molar-refractivity contribution >= 4 is 21.9 Å². The summed E-state index contributed by atoms with van der Waals surface area (Å²) in [5.41, 5.74) is -0.413. The van der Waals surface area contributed by atoms with Gasteiger partial charge in [-0.3, -0.25) is 10.1 Å². The molecule has 2 N–H and O–H groups in total. The molecule has 0 aromatic heterocycles. The van der Waals surface area contributed by atoms with Crippen LogP contribution in [0.2, 0.25) is 0 Å². The molecule has 0 heterocycles. The summed E-state index contributed by atoms with van der Waals surface area (Å²) in [5, 5.41) is 24.5. The van der Waals surface area contributed by atoms with Crippen molar-refractivity contribution in [1.82, 2.24) is 4.83 Å². The largest absolute Gasteiger partial charge is 0.500 e. The van der Waals surface area contributed by atoms with Crippen molar-refractivity contribution in [2.45, 2.75) is 18.7 Å². The van der Waals surface area contributed by atoms with Crippen molar-refractivity contribution in [3.63, 3.8) is 0 Å². The Morgan fingerprint density at radius 1 is 1.18 bits per heavy atom. The van der Waals surface area contributed by atoms with Gasteiger partial charge in [-0.15, -0.1) is 0 Å². The lowest BCUT2D eigenvalue weighted by Crippen LogP contribution is -2.18. The minimum absolute atomic E-state index is 0.0280. The fraction of sp³-hybridized carbons (Fsp3) is 0.235. The molecular weight excluding hydrogens is 390 g/mol. The topological polar surface area (TPSA) is 140 Å². The maximum atomic E-state index is 12.3. The van der Waals surface area contributed by atoms with Gasteiger partial charge in [-0.25, -0.2) is 4.83 Å². The second-order valence-electron chi connectivity index (χ2n) is 5.33. The third-order valence-electron chi connectivity index (χ3n) is 3.41. The number of benzene rings is 2. The lowest BCUT2D eigenvalue weighted by Gasteiger charge is -2.07. The number of hydrogen-bond donors (Lipinski definition) is 2. The van der Waals surface area contributed by atoms with E-state index in [1.54, 1.807) is 6.92 Å². The number of aromatic hydroxyl groups is 1. The van der Waals surface area contributed by atoms with Crippen molar-refractivity contribution in [3.8, 4) is 17.2 Å². The average Bonchev–Trinajstić information content (AvgIpc) is 2.64. The molecule has 2 aromatic rings. The highest BCUT2D eigenvalue weighted by atomic mass is 32.2. The number of phenolic OH excluding ortho intramolecular Hbond substituents is 1. The monoisotopic (exact) mass is 409 g/mol. The number of ether oxygens (including phenoxy) is 2. The maximum absolute atomic E-state index is 12.3. The van der Waals surface area contributed by atoms with E-state index in [-0.39, 0.29) is 22.8 Å². The summed E-state index contributed by atoms with van der Waals surface area (Å²) in [4.78, 5) is 12.3. The van der Waals surface area contributed by atoms with E-state index in [1.165, 1.54) is 30.3 Å². The van der Waals surface area contributed by atoms with Crippen molar-refractivity contribution in [1.29, 1.82) is 0 Å². The van der Waals surface area contributed by atoms with E-state index in [9.17, 15) is 23.6 Å². The minimum atomic E-state index is -3.94. The number of nitrogens with one attached hydrogen (secondary N) is 1. The lowest BCUT2D eigenvalue weighted by molar-refractivity contribution is -0.386. The fourth-order valence-corrected chi connectivity index (χ4v) is 2.99. The molecule has 0 fully saturated rings. The van der Waals surface area contributed by atoms with Crippen molar-refractivity contribution < 1.29 is 27.9 Å². The molecule has 0 aliphatic carbocycles. The van der Waals surface area contributed by atoms with Gasteiger partial charge in [-0.05, 0) is 44.2 Å². The number of hydrogen-bond acceptors (Lipinski definition) is 8. The first kappa shape index (κ1) is 21.0. The van der Waals surface area contributed by atoms with E-state index in [2.05, 4.69) is 5.10 Å². The average molecular weight is 409 g/mol. The first-order valence-electron chi connectivity index (χ1n) is 8.20. The summed E-state index contributed by atoms with van der Waals surface area (Å²) in [6.45, 7) is 4.09. The fourth-order valence-electron chi connectivity index (χ4n) is 2.20. The summed E-state index contributed by atoms with van der Waals surface area (Å²) in [6.07, 6.45) is 1.07. The second-order valence-corrected chi connectivity index (χ2v) is 7.00. The summed E-state index contributed by atoms with van der Waals surface area (Å²) >= 11 is 0. The molecule has 0 amide bonds. The molecule has 150 valence electrons. The Balaban J connectivity index is 2.22. The second kappa shape index (κ2) is 9.04. The summed E-state index contributed by atoms with van der Waals surface area (Å²) in [6, 6.07) is 8.11. The first-order chi connectivity index (χ1) is 13.3. The molecule has 0 atom stereocenters. The highest BCUT2D eigenvalue weighted by molar-refractivity contribution is 7.89. The van der Waals surface area contributed by atoms with E-state index in [0.29, 0.717) is 12.4 Å². The van der Waals surface area contributed by atoms with Gasteiger partial charge in [0, 0.05) is 11.6 Å². The van der Waals surface area contributed by atoms with Crippen LogP contribution in [0.1, 0.15) is 19.4 Å². The number of rotatable bonds is 9. The number of sulfonamides is 1. The number of nitro benzene ring substituents is 1. The highest BCUT2D eigenvalue weighted by Crippen LogP contribution is 2.36. The van der Waals surface area contributed by atoms with Crippen LogP contribution in [0, 0.1) is 10.1 Å². The van der Waals surface area contributed by atoms with Crippen molar-refractivity contribution in [2.75, 3.05) is 13.2 Å². The van der Waals surface area contributed by atoms with Crippen LogP contribution in [-0.2, 0) is 10.0 Å². The van der Waals surface area contributed by atoms with E-state index in [4.69, 9.17) is 9.47 Å². The van der Waals surface area contributed by atoms with Crippen molar-refractivity contribution in [3.05, 3.63) is 52.1 Å². The molecule has 2 rings (SSSR count). The maximum Gasteiger partial charge on any atom is 0.315 e. The zero-order valence-electron chi connectivity index (χ0n) is 15.2. The zero-order valence-corrected chi connectivity index (χ0v) is 16.0. The molecular formula is C17H19N3O7S. The predicted octanol–water partition coefficient (Wildman–Crippen LogP) is 2.41. The molecule has 28 heavy (non-hydrogen) atoms. The van der Waals surface area contributed by atoms with Gasteiger partial charge in [0.1, 0.15) is 5.75 Å². The molecule has 11 heteroatoms. The Labute approximate surface area is 161 Å². The van der Waals surface area contributed by atoms with Crippen LogP contribution in [0.25, 0.3) is 0 Å². The van der Waals surface area contributed by atoms with Gasteiger partial charge in [0.25, 0.3) is 10.0 Å². The highest BCUT2D eigenvalue weighted by Gasteiger charge is 2.20. The number of phenols is 1. The Morgan fingerprint density at radius 3 is 2.39 bits per heavy atom. The molecule has 0 aliphatic heterocycles. The zero-order chi connectivity index (χ0) is 20.7. The van der Waals surface area contributed by atoms with E-state index < -0.39 is 26.4 Å². The van der Waals surface area contributed by atoms with Gasteiger partial charge in [0.2, 0.25) is 5.75 Å². The van der Waals surface area contributed by atoms with Gasteiger partial charge >= 0.3 is 5.69 Å². The van der Waals surface area contributed by atoms with E-state index >= 15 is 0 Å². The van der Waals surface area contributed by atoms with Gasteiger partial charge in [0.05, 0.1) is 29.2 Å². The van der Waals surface area contributed by atoms with Crippen LogP contribution in [0.4, 0.5) is 5.69 Å². The Hall–Kier alpha value is -3.34. The lowest BCUT2D eigenvalue weighted by atomic mass is 10.2. The molecule has 0 saturated heterocycles. The van der Waals surface area contributed by atoms with Gasteiger partial charge in [0.15, 0.2) is 5.75 Å². The van der Waals surface area contributed by atoms with Gasteiger partial charge in [-0.2, -0.15) is 13.5 Å². The summed E-state index contributed by atoms with van der Waals surface area (Å²) in [7, 11) is -3.94. The van der Waals surface area contributed by atoms with Crippen LogP contribution in [0.3, 0.4) is 0 Å². The predicted molar refractivity (Wildman–Crippen MR) is 101 cm³/mol. The Morgan fingerprint density at radius 2 is 1.82 bits per heavy atom. The molecule has 0 spiro atoms. The molecule has 0 unspecified atom stereocenters. The Kier molecular flexibility index (Phi) is 6.77. The molecule has 0 radical (unpaired) electrons. The Bertz CT molecular complexity index is 973. The van der Waals surface area contributed by atoms with Crippen LogP contribution in [-0.4, -0.2) is 37.9 Å². The molecule has 0 aliphatic rings. The molecule has 10 nitrogen and oxygen atoms in total. The molecule has 0 saturated carbocycles. The third-order valence-corrected chi connectivity index (χ3v) is 4.64. The standard InChI is InChI=1S/C17H19N3O7S/c1-3-26-13-5-7-14(8-6-13)28(24,25)19-18-11-12-9-15(20(22)23)17(21)16(10-12)27-4-2/h5-11,19,21H,3-4H2,1-2H3/b18-11+. The van der Waals surface area contributed by atoms with E-state index in [0.717, 1.165) is 12.3 Å². The van der Waals surface area contributed by atoms with Crippen LogP contribution in [0.5, 0.6) is 17.2 Å². The van der Waals surface area contributed by atoms with E-state index in [1.807, 2.05) is 11.8 Å². The number of hydrazone groups is 1. The normalized spacial score (nSPS) is 11.4. The summed E-state index contributed by atoms with van der Waals surface area (Å²) in [5.74, 6) is -0.184. The number of nitrogens with zero attached hydrogens (tertiary/aromatic N) is 2.